The quantitative estimate of drug-likeness (QED) is 0.360. The molecule has 0 spiro atoms. The number of aromatic amines is 3. The summed E-state index contributed by atoms with van der Waals surface area (Å²) >= 11 is 0. The van der Waals surface area contributed by atoms with Crippen molar-refractivity contribution in [3.63, 3.8) is 0 Å². The van der Waals surface area contributed by atoms with Crippen LogP contribution in [0.1, 0.15) is 21.7 Å². The molecule has 7 nitrogen and oxygen atoms in total. The minimum Gasteiger partial charge on any atom is -0.478 e. The Labute approximate surface area is 157 Å². The molecule has 0 aromatic carbocycles. The average Bonchev–Trinajstić information content (AvgIpc) is 3.43. The molecule has 0 aliphatic carbocycles. The second-order valence-electron chi connectivity index (χ2n) is 6.54. The van der Waals surface area contributed by atoms with E-state index in [1.807, 2.05) is 30.3 Å². The third-order valence-electron chi connectivity index (χ3n) is 4.63. The molecule has 5 rings (SSSR count). The Bertz CT molecular complexity index is 1470. The molecule has 0 atom stereocenters. The third-order valence-corrected chi connectivity index (χ3v) is 4.63. The number of fused-ring (bicyclic) bond motifs is 8. The van der Waals surface area contributed by atoms with Gasteiger partial charge in [0.15, 0.2) is 0 Å². The summed E-state index contributed by atoms with van der Waals surface area (Å²) < 4.78 is 0. The van der Waals surface area contributed by atoms with E-state index in [0.29, 0.717) is 27.9 Å². The molecule has 4 N–H and O–H groups in total. The number of nitrogens with one attached hydrogen (secondary N) is 3. The number of carboxylic acids is 1. The SMILES string of the molecule is O=C(O)c1c2nc(cc3ccc(cc4ccc([nH]4)c(=O)c4ccc1[nH]4)[nH]3)C=C2. The van der Waals surface area contributed by atoms with Gasteiger partial charge in [0.1, 0.15) is 5.56 Å². The summed E-state index contributed by atoms with van der Waals surface area (Å²) in [5.74, 6) is -1.12. The molecule has 4 aromatic rings. The lowest BCUT2D eigenvalue weighted by atomic mass is 10.2. The van der Waals surface area contributed by atoms with Gasteiger partial charge in [-0.1, -0.05) is 0 Å². The first-order chi connectivity index (χ1) is 13.6. The first kappa shape index (κ1) is 16.1. The second kappa shape index (κ2) is 5.95. The molecule has 0 unspecified atom stereocenters. The third kappa shape index (κ3) is 2.66. The van der Waals surface area contributed by atoms with Crippen molar-refractivity contribution >= 4 is 51.2 Å². The van der Waals surface area contributed by atoms with Crippen LogP contribution < -0.4 is 5.43 Å². The Balaban J connectivity index is 1.97. The summed E-state index contributed by atoms with van der Waals surface area (Å²) in [6, 6.07) is 14.3. The summed E-state index contributed by atoms with van der Waals surface area (Å²) in [7, 11) is 0. The second-order valence-corrected chi connectivity index (χ2v) is 6.54. The van der Waals surface area contributed by atoms with Crippen molar-refractivity contribution in [2.45, 2.75) is 0 Å². The van der Waals surface area contributed by atoms with Crippen molar-refractivity contribution in [2.75, 3.05) is 0 Å². The van der Waals surface area contributed by atoms with Gasteiger partial charge in [-0.05, 0) is 60.7 Å². The fourth-order valence-electron chi connectivity index (χ4n) is 3.33. The monoisotopic (exact) mass is 370 g/mol. The van der Waals surface area contributed by atoms with Crippen LogP contribution in [0.4, 0.5) is 0 Å². The van der Waals surface area contributed by atoms with Crippen molar-refractivity contribution < 1.29 is 9.90 Å². The molecular formula is C21H14N4O3. The van der Waals surface area contributed by atoms with E-state index in [-0.39, 0.29) is 11.0 Å². The van der Waals surface area contributed by atoms with Crippen molar-refractivity contribution in [1.29, 1.82) is 0 Å². The zero-order valence-electron chi connectivity index (χ0n) is 14.5. The Kier molecular flexibility index (Phi) is 3.42. The number of carboxylic acid groups (broad SMARTS) is 1. The van der Waals surface area contributed by atoms with Crippen LogP contribution in [0, 0.1) is 0 Å². The highest BCUT2D eigenvalue weighted by Crippen LogP contribution is 2.19. The van der Waals surface area contributed by atoms with Crippen LogP contribution >= 0.6 is 0 Å². The summed E-state index contributed by atoms with van der Waals surface area (Å²) in [4.78, 5) is 38.3. The van der Waals surface area contributed by atoms with Gasteiger partial charge in [0.05, 0.1) is 27.9 Å². The molecule has 0 radical (unpaired) electrons. The van der Waals surface area contributed by atoms with Crippen LogP contribution in [-0.4, -0.2) is 31.0 Å². The molecule has 5 heterocycles. The predicted octanol–water partition coefficient (Wildman–Crippen LogP) is 3.75. The lowest BCUT2D eigenvalue weighted by Crippen LogP contribution is -2.01. The Morgan fingerprint density at radius 1 is 0.786 bits per heavy atom. The van der Waals surface area contributed by atoms with E-state index >= 15 is 0 Å². The topological polar surface area (TPSA) is 115 Å². The predicted molar refractivity (Wildman–Crippen MR) is 108 cm³/mol. The fourth-order valence-corrected chi connectivity index (χ4v) is 3.33. The Morgan fingerprint density at radius 3 is 2.25 bits per heavy atom. The Morgan fingerprint density at radius 2 is 1.43 bits per heavy atom. The molecule has 7 heteroatoms. The first-order valence-electron chi connectivity index (χ1n) is 8.63. The van der Waals surface area contributed by atoms with E-state index in [1.54, 1.807) is 30.4 Å². The van der Waals surface area contributed by atoms with E-state index in [9.17, 15) is 14.7 Å². The highest BCUT2D eigenvalue weighted by atomic mass is 16.4. The first-order valence-corrected chi connectivity index (χ1v) is 8.63. The number of hydrogen-bond donors (Lipinski definition) is 4. The summed E-state index contributed by atoms with van der Waals surface area (Å²) in [6.07, 6.45) is 3.41. The Hall–Kier alpha value is -4.13. The van der Waals surface area contributed by atoms with Crippen LogP contribution in [0.25, 0.3) is 45.3 Å². The number of aromatic carboxylic acids is 1. The maximum absolute atomic E-state index is 12.8. The largest absolute Gasteiger partial charge is 0.478 e. The van der Waals surface area contributed by atoms with E-state index in [0.717, 1.165) is 16.6 Å². The van der Waals surface area contributed by atoms with E-state index in [4.69, 9.17) is 0 Å². The van der Waals surface area contributed by atoms with Crippen LogP contribution in [0.3, 0.4) is 0 Å². The number of hydrogen-bond acceptors (Lipinski definition) is 3. The van der Waals surface area contributed by atoms with Gasteiger partial charge < -0.3 is 20.1 Å². The van der Waals surface area contributed by atoms with Crippen molar-refractivity contribution in [3.8, 4) is 0 Å². The molecule has 0 fully saturated rings. The zero-order chi connectivity index (χ0) is 19.3. The molecule has 0 amide bonds. The molecule has 1 aliphatic rings. The number of rotatable bonds is 1. The van der Waals surface area contributed by atoms with E-state index in [1.165, 1.54) is 0 Å². The van der Waals surface area contributed by atoms with Gasteiger partial charge in [-0.25, -0.2) is 9.78 Å². The van der Waals surface area contributed by atoms with Crippen LogP contribution in [0.5, 0.6) is 0 Å². The molecular weight excluding hydrogens is 356 g/mol. The lowest BCUT2D eigenvalue weighted by Gasteiger charge is -1.95. The normalized spacial score (nSPS) is 11.9. The highest BCUT2D eigenvalue weighted by molar-refractivity contribution is 6.00. The van der Waals surface area contributed by atoms with Gasteiger partial charge >= 0.3 is 5.97 Å². The maximum atomic E-state index is 12.8. The molecule has 1 aliphatic heterocycles. The van der Waals surface area contributed by atoms with Gasteiger partial charge in [-0.2, -0.15) is 0 Å². The minimum absolute atomic E-state index is 0.0125. The molecule has 0 saturated heterocycles. The van der Waals surface area contributed by atoms with Crippen molar-refractivity contribution in [3.05, 3.63) is 75.7 Å². The number of H-pyrrole nitrogens is 3. The average molecular weight is 370 g/mol. The lowest BCUT2D eigenvalue weighted by molar-refractivity contribution is 0.0698. The van der Waals surface area contributed by atoms with Gasteiger partial charge in [0.25, 0.3) is 0 Å². The molecule has 28 heavy (non-hydrogen) atoms. The molecule has 0 saturated carbocycles. The van der Waals surface area contributed by atoms with Gasteiger partial charge in [-0.15, -0.1) is 0 Å². The molecule has 4 aromatic heterocycles. The maximum Gasteiger partial charge on any atom is 0.340 e. The summed E-state index contributed by atoms with van der Waals surface area (Å²) in [6.45, 7) is 0. The van der Waals surface area contributed by atoms with Crippen LogP contribution in [-0.2, 0) is 0 Å². The molecule has 8 bridgehead atoms. The molecule has 136 valence electrons. The smallest absolute Gasteiger partial charge is 0.340 e. The highest BCUT2D eigenvalue weighted by Gasteiger charge is 2.14. The van der Waals surface area contributed by atoms with Gasteiger partial charge in [-0.3, -0.25) is 4.79 Å². The summed E-state index contributed by atoms with van der Waals surface area (Å²) in [5.41, 5.74) is 4.25. The number of aromatic nitrogens is 4. The summed E-state index contributed by atoms with van der Waals surface area (Å²) in [5, 5.41) is 9.71. The van der Waals surface area contributed by atoms with Gasteiger partial charge in [0, 0.05) is 16.6 Å². The van der Waals surface area contributed by atoms with E-state index in [2.05, 4.69) is 19.9 Å². The van der Waals surface area contributed by atoms with Gasteiger partial charge in [0.2, 0.25) is 5.43 Å². The number of carbonyl (C=O) groups is 1. The fraction of sp³-hybridized carbons (Fsp3) is 0. The number of nitrogens with zero attached hydrogens (tertiary/aromatic N) is 1. The zero-order valence-corrected chi connectivity index (χ0v) is 14.5. The van der Waals surface area contributed by atoms with Crippen LogP contribution in [0.15, 0.2) is 53.3 Å². The van der Waals surface area contributed by atoms with Crippen LogP contribution in [0.2, 0.25) is 0 Å². The van der Waals surface area contributed by atoms with Crippen molar-refractivity contribution in [1.82, 2.24) is 19.9 Å². The van der Waals surface area contributed by atoms with E-state index < -0.39 is 5.97 Å². The minimum atomic E-state index is -1.12. The van der Waals surface area contributed by atoms with Crippen molar-refractivity contribution in [2.24, 2.45) is 0 Å². The standard InChI is InChI=1S/C21H14N4O3/c26-20-17-6-4-14(24-17)10-12-2-1-11(22-12)9-13-3-5-15(23-13)19(21(27)28)16-7-8-18(20)25-16/h1-10,22,24-25H,(H,27,28).